The van der Waals surface area contributed by atoms with Gasteiger partial charge in [0.15, 0.2) is 0 Å². The Morgan fingerprint density at radius 2 is 0.758 bits per heavy atom. The molecule has 1 heteroatoms. The van der Waals surface area contributed by atoms with Gasteiger partial charge in [-0.05, 0) is 158 Å². The summed E-state index contributed by atoms with van der Waals surface area (Å²) >= 11 is 0. The van der Waals surface area contributed by atoms with Crippen LogP contribution in [-0.4, -0.2) is 0 Å². The minimum atomic E-state index is -0.197. The SMILES string of the molecule is CC1(C)c2cc(N(c3ccc4ccccc4c3)c3ccc4c5c(ccc4c3)-c3ccc4ccccc4c3C5(C)C)ccc2-c2cc3c(cc21)-c1c(ccc2ccccc12)C3(C)C. The van der Waals surface area contributed by atoms with Crippen LogP contribution in [-0.2, 0) is 16.2 Å². The van der Waals surface area contributed by atoms with Crippen molar-refractivity contribution in [2.45, 2.75) is 57.8 Å². The molecule has 3 aliphatic rings. The van der Waals surface area contributed by atoms with Gasteiger partial charge in [0.1, 0.15) is 0 Å². The van der Waals surface area contributed by atoms with E-state index >= 15 is 0 Å². The van der Waals surface area contributed by atoms with Crippen LogP contribution in [0.4, 0.5) is 17.1 Å². The smallest absolute Gasteiger partial charge is 0.0468 e. The molecule has 0 atom stereocenters. The van der Waals surface area contributed by atoms with E-state index in [4.69, 9.17) is 0 Å². The topological polar surface area (TPSA) is 3.24 Å². The zero-order valence-corrected chi connectivity index (χ0v) is 36.2. The third-order valence-electron chi connectivity index (χ3n) is 15.3. The van der Waals surface area contributed by atoms with Crippen molar-refractivity contribution in [1.29, 1.82) is 0 Å². The Kier molecular flexibility index (Phi) is 6.99. The molecule has 0 heterocycles. The van der Waals surface area contributed by atoms with Crippen molar-refractivity contribution in [3.63, 3.8) is 0 Å². The van der Waals surface area contributed by atoms with Gasteiger partial charge < -0.3 is 4.90 Å². The first-order valence-corrected chi connectivity index (χ1v) is 22.3. The lowest BCUT2D eigenvalue weighted by Crippen LogP contribution is -2.17. The van der Waals surface area contributed by atoms with Crippen molar-refractivity contribution in [2.24, 2.45) is 0 Å². The second-order valence-electron chi connectivity index (χ2n) is 19.7. The fraction of sp³-hybridized carbons (Fsp3) is 0.148. The van der Waals surface area contributed by atoms with Crippen LogP contribution in [0, 0.1) is 0 Å². The summed E-state index contributed by atoms with van der Waals surface area (Å²) in [6.45, 7) is 14.5. The molecule has 0 bridgehead atoms. The molecule has 0 spiro atoms. The first kappa shape index (κ1) is 35.8. The number of nitrogens with zero attached hydrogens (tertiary/aromatic N) is 1. The molecule has 0 saturated carbocycles. The van der Waals surface area contributed by atoms with Gasteiger partial charge in [-0.3, -0.25) is 0 Å². The van der Waals surface area contributed by atoms with E-state index in [1.54, 1.807) is 0 Å². The molecule has 0 aromatic heterocycles. The monoisotopic (exact) mass is 793 g/mol. The van der Waals surface area contributed by atoms with Crippen molar-refractivity contribution in [3.05, 3.63) is 209 Å². The minimum absolute atomic E-state index is 0.0918. The van der Waals surface area contributed by atoms with Crippen molar-refractivity contribution in [1.82, 2.24) is 0 Å². The lowest BCUT2D eigenvalue weighted by molar-refractivity contribution is 0.652. The molecule has 13 rings (SSSR count). The second-order valence-corrected chi connectivity index (χ2v) is 19.7. The molecule has 10 aromatic carbocycles. The molecule has 0 saturated heterocycles. The molecular formula is C61H47N. The summed E-state index contributed by atoms with van der Waals surface area (Å²) in [5, 5.41) is 10.4. The van der Waals surface area contributed by atoms with E-state index in [-0.39, 0.29) is 16.2 Å². The molecule has 0 fully saturated rings. The lowest BCUT2D eigenvalue weighted by Gasteiger charge is -2.29. The van der Waals surface area contributed by atoms with Crippen LogP contribution in [0.5, 0.6) is 0 Å². The Bertz CT molecular complexity index is 3620. The number of benzene rings is 10. The largest absolute Gasteiger partial charge is 0.310 e. The third kappa shape index (κ3) is 4.64. The van der Waals surface area contributed by atoms with E-state index in [1.165, 1.54) is 116 Å². The van der Waals surface area contributed by atoms with Gasteiger partial charge in [-0.25, -0.2) is 0 Å². The van der Waals surface area contributed by atoms with Gasteiger partial charge >= 0.3 is 0 Å². The highest BCUT2D eigenvalue weighted by atomic mass is 15.1. The number of anilines is 3. The predicted molar refractivity (Wildman–Crippen MR) is 264 cm³/mol. The Balaban J connectivity index is 0.975. The second kappa shape index (κ2) is 12.1. The van der Waals surface area contributed by atoms with E-state index in [0.29, 0.717) is 0 Å². The summed E-state index contributed by atoms with van der Waals surface area (Å²) in [5.74, 6) is 0. The number of rotatable bonds is 3. The first-order valence-electron chi connectivity index (χ1n) is 22.3. The highest BCUT2D eigenvalue weighted by molar-refractivity contribution is 6.06. The van der Waals surface area contributed by atoms with Gasteiger partial charge in [-0.15, -0.1) is 0 Å². The summed E-state index contributed by atoms with van der Waals surface area (Å²) < 4.78 is 0. The summed E-state index contributed by atoms with van der Waals surface area (Å²) in [5.41, 5.74) is 19.8. The third-order valence-corrected chi connectivity index (χ3v) is 15.3. The van der Waals surface area contributed by atoms with Crippen molar-refractivity contribution in [3.8, 4) is 33.4 Å². The molecule has 62 heavy (non-hydrogen) atoms. The maximum atomic E-state index is 2.55. The zero-order valence-electron chi connectivity index (χ0n) is 36.2. The Labute approximate surface area is 363 Å². The fourth-order valence-corrected chi connectivity index (χ4v) is 12.3. The van der Waals surface area contributed by atoms with Crippen LogP contribution in [0.3, 0.4) is 0 Å². The van der Waals surface area contributed by atoms with E-state index in [2.05, 4.69) is 222 Å². The van der Waals surface area contributed by atoms with Crippen LogP contribution in [0.1, 0.15) is 74.9 Å². The Hall–Kier alpha value is -6.96. The number of fused-ring (bicyclic) bond motifs is 16. The summed E-state index contributed by atoms with van der Waals surface area (Å²) in [7, 11) is 0. The molecule has 3 aliphatic carbocycles. The predicted octanol–water partition coefficient (Wildman–Crippen LogP) is 16.7. The quantitative estimate of drug-likeness (QED) is 0.172. The van der Waals surface area contributed by atoms with Gasteiger partial charge in [0.2, 0.25) is 0 Å². The molecular weight excluding hydrogens is 747 g/mol. The average molecular weight is 794 g/mol. The van der Waals surface area contributed by atoms with Crippen LogP contribution >= 0.6 is 0 Å². The van der Waals surface area contributed by atoms with Crippen molar-refractivity contribution in [2.75, 3.05) is 4.90 Å². The van der Waals surface area contributed by atoms with E-state index in [0.717, 1.165) is 11.4 Å². The number of hydrogen-bond acceptors (Lipinski definition) is 1. The lowest BCUT2D eigenvalue weighted by atomic mass is 9.78. The van der Waals surface area contributed by atoms with Crippen LogP contribution in [0.25, 0.3) is 76.5 Å². The molecule has 0 radical (unpaired) electrons. The standard InChI is InChI=1S/C61H47N/c1-59(2)52-30-22-37-14-9-11-17-44(37)56(52)51-35-54-50(34-55(51)59)47-29-25-43(33-53(47)60(54,3)4)62(41-23-19-36-13-7-8-16-39(36)31-41)42-24-28-46-40(32-42)21-27-49-48-26-20-38-15-10-12-18-45(38)57(48)61(5,6)58(46)49/h7-35H,1-6H3. The summed E-state index contributed by atoms with van der Waals surface area (Å²) in [4.78, 5) is 2.48. The first-order chi connectivity index (χ1) is 30.0. The van der Waals surface area contributed by atoms with Gasteiger partial charge in [0.05, 0.1) is 0 Å². The van der Waals surface area contributed by atoms with Crippen molar-refractivity contribution >= 4 is 60.2 Å². The van der Waals surface area contributed by atoms with Crippen LogP contribution in [0.15, 0.2) is 176 Å². The van der Waals surface area contributed by atoms with Crippen LogP contribution in [0.2, 0.25) is 0 Å². The summed E-state index contributed by atoms with van der Waals surface area (Å²) in [6.07, 6.45) is 0. The Morgan fingerprint density at radius 3 is 1.52 bits per heavy atom. The van der Waals surface area contributed by atoms with Crippen molar-refractivity contribution < 1.29 is 0 Å². The van der Waals surface area contributed by atoms with Gasteiger partial charge in [0, 0.05) is 33.3 Å². The molecule has 0 amide bonds. The van der Waals surface area contributed by atoms with E-state index in [1.807, 2.05) is 0 Å². The van der Waals surface area contributed by atoms with Gasteiger partial charge in [-0.1, -0.05) is 169 Å². The molecule has 0 aliphatic heterocycles. The molecule has 10 aromatic rings. The highest BCUT2D eigenvalue weighted by Crippen LogP contribution is 2.59. The Morgan fingerprint density at radius 1 is 0.290 bits per heavy atom. The number of hydrogen-bond donors (Lipinski definition) is 0. The highest BCUT2D eigenvalue weighted by Gasteiger charge is 2.43. The average Bonchev–Trinajstić information content (AvgIpc) is 3.77. The zero-order chi connectivity index (χ0) is 41.9. The molecule has 0 unspecified atom stereocenters. The fourth-order valence-electron chi connectivity index (χ4n) is 12.3. The maximum Gasteiger partial charge on any atom is 0.0468 e. The van der Waals surface area contributed by atoms with Crippen LogP contribution < -0.4 is 4.90 Å². The molecule has 1 nitrogen and oxygen atoms in total. The van der Waals surface area contributed by atoms with Gasteiger partial charge in [-0.2, -0.15) is 0 Å². The molecule has 296 valence electrons. The maximum absolute atomic E-state index is 2.55. The van der Waals surface area contributed by atoms with Gasteiger partial charge in [0.25, 0.3) is 0 Å². The van der Waals surface area contributed by atoms with E-state index in [9.17, 15) is 0 Å². The normalized spacial score (nSPS) is 15.6. The molecule has 0 N–H and O–H groups in total. The minimum Gasteiger partial charge on any atom is -0.310 e. The summed E-state index contributed by atoms with van der Waals surface area (Å²) in [6, 6.07) is 66.9. The van der Waals surface area contributed by atoms with E-state index < -0.39 is 0 Å².